The molecule has 10 heteroatoms. The van der Waals surface area contributed by atoms with Gasteiger partial charge in [-0.3, -0.25) is 15.4 Å². The van der Waals surface area contributed by atoms with Crippen LogP contribution in [-0.2, 0) is 16.8 Å². The third kappa shape index (κ3) is 5.61. The highest BCUT2D eigenvalue weighted by atomic mass is 16.5. The quantitative estimate of drug-likeness (QED) is 0.492. The molecule has 0 bridgehead atoms. The summed E-state index contributed by atoms with van der Waals surface area (Å²) in [6.45, 7) is 10.4. The third-order valence-electron chi connectivity index (χ3n) is 5.97. The highest BCUT2D eigenvalue weighted by Crippen LogP contribution is 2.28. The fourth-order valence-corrected chi connectivity index (χ4v) is 3.93. The third-order valence-corrected chi connectivity index (χ3v) is 5.97. The highest BCUT2D eigenvalue weighted by molar-refractivity contribution is 5.88. The van der Waals surface area contributed by atoms with Crippen LogP contribution in [0.25, 0.3) is 0 Å². The zero-order valence-corrected chi connectivity index (χ0v) is 21.0. The summed E-state index contributed by atoms with van der Waals surface area (Å²) in [4.78, 5) is 25.4. The maximum Gasteiger partial charge on any atom is 0.320 e. The van der Waals surface area contributed by atoms with Crippen LogP contribution in [0.3, 0.4) is 0 Å². The van der Waals surface area contributed by atoms with Gasteiger partial charge in [-0.15, -0.1) is 0 Å². The van der Waals surface area contributed by atoms with Crippen LogP contribution < -0.4 is 30.7 Å². The average molecular weight is 473 g/mol. The van der Waals surface area contributed by atoms with E-state index in [-0.39, 0.29) is 23.3 Å². The van der Waals surface area contributed by atoms with Crippen LogP contribution in [0.2, 0.25) is 0 Å². The van der Waals surface area contributed by atoms with E-state index in [0.29, 0.717) is 23.9 Å². The lowest BCUT2D eigenvalue weighted by atomic mass is 9.92. The number of hydrogen-bond acceptors (Lipinski definition) is 6. The van der Waals surface area contributed by atoms with Gasteiger partial charge < -0.3 is 20.1 Å². The van der Waals surface area contributed by atoms with Crippen LogP contribution in [0, 0.1) is 5.92 Å². The molecule has 0 radical (unpaired) electrons. The number of nitrogens with zero attached hydrogens (tertiary/aromatic N) is 2. The molecule has 0 aliphatic carbocycles. The van der Waals surface area contributed by atoms with Gasteiger partial charge in [-0.2, -0.15) is 5.10 Å². The minimum Gasteiger partial charge on any atom is -0.493 e. The summed E-state index contributed by atoms with van der Waals surface area (Å²) in [5.41, 5.74) is 1.41. The molecule has 3 amide bonds. The van der Waals surface area contributed by atoms with Gasteiger partial charge in [0.1, 0.15) is 5.82 Å². The second-order valence-electron chi connectivity index (χ2n) is 9.49. The Labute approximate surface area is 200 Å². The van der Waals surface area contributed by atoms with E-state index in [1.807, 2.05) is 52.8 Å². The lowest BCUT2D eigenvalue weighted by Crippen LogP contribution is -2.57. The maximum atomic E-state index is 12.8. The normalized spacial score (nSPS) is 20.4. The molecule has 1 fully saturated rings. The lowest BCUT2D eigenvalue weighted by molar-refractivity contribution is -0.130. The number of anilines is 1. The molecule has 10 nitrogen and oxygen atoms in total. The van der Waals surface area contributed by atoms with E-state index >= 15 is 0 Å². The van der Waals surface area contributed by atoms with Gasteiger partial charge in [0.15, 0.2) is 17.8 Å². The molecule has 4 N–H and O–H groups in total. The number of ether oxygens (including phenoxy) is 2. The van der Waals surface area contributed by atoms with Crippen molar-refractivity contribution < 1.29 is 19.1 Å². The van der Waals surface area contributed by atoms with Crippen LogP contribution in [0.1, 0.15) is 58.6 Å². The number of hydrogen-bond donors (Lipinski definition) is 4. The molecule has 1 aromatic carbocycles. The first-order chi connectivity index (χ1) is 16.1. The number of methoxy groups -OCH3 is 2. The van der Waals surface area contributed by atoms with E-state index in [9.17, 15) is 9.59 Å². The van der Waals surface area contributed by atoms with E-state index in [2.05, 4.69) is 21.3 Å². The van der Waals surface area contributed by atoms with Gasteiger partial charge in [0, 0.05) is 24.1 Å². The monoisotopic (exact) mass is 472 g/mol. The van der Waals surface area contributed by atoms with Crippen LogP contribution in [-0.4, -0.2) is 42.0 Å². The van der Waals surface area contributed by atoms with Gasteiger partial charge in [-0.05, 0) is 31.0 Å². The van der Waals surface area contributed by atoms with E-state index in [1.165, 1.54) is 0 Å². The van der Waals surface area contributed by atoms with Crippen molar-refractivity contribution in [1.82, 2.24) is 25.7 Å². The molecule has 1 saturated heterocycles. The molecule has 0 saturated carbocycles. The van der Waals surface area contributed by atoms with Gasteiger partial charge in [-0.25, -0.2) is 9.48 Å². The van der Waals surface area contributed by atoms with Gasteiger partial charge >= 0.3 is 6.03 Å². The van der Waals surface area contributed by atoms with Crippen molar-refractivity contribution in [3.05, 3.63) is 35.5 Å². The van der Waals surface area contributed by atoms with Crippen molar-refractivity contribution >= 4 is 17.8 Å². The molecule has 3 unspecified atom stereocenters. The van der Waals surface area contributed by atoms with E-state index < -0.39 is 12.3 Å². The minimum atomic E-state index is -0.567. The Balaban J connectivity index is 1.76. The van der Waals surface area contributed by atoms with Crippen LogP contribution in [0.15, 0.2) is 24.3 Å². The molecule has 3 atom stereocenters. The number of carbonyl (C=O) groups is 2. The Morgan fingerprint density at radius 3 is 2.47 bits per heavy atom. The Kier molecular flexibility index (Phi) is 7.71. The van der Waals surface area contributed by atoms with Crippen molar-refractivity contribution in [2.75, 3.05) is 19.5 Å². The van der Waals surface area contributed by atoms with Crippen molar-refractivity contribution in [3.8, 4) is 11.5 Å². The summed E-state index contributed by atoms with van der Waals surface area (Å²) in [5.74, 6) is 1.55. The molecule has 3 rings (SSSR count). The first-order valence-corrected chi connectivity index (χ1v) is 11.5. The van der Waals surface area contributed by atoms with Gasteiger partial charge in [0.2, 0.25) is 5.91 Å². The summed E-state index contributed by atoms with van der Waals surface area (Å²) in [5, 5.41) is 16.8. The second kappa shape index (κ2) is 10.3. The molecule has 1 aliphatic heterocycles. The molecule has 186 valence electrons. The zero-order chi connectivity index (χ0) is 25.0. The minimum absolute atomic E-state index is 0.0298. The zero-order valence-electron chi connectivity index (χ0n) is 21.0. The summed E-state index contributed by atoms with van der Waals surface area (Å²) in [7, 11) is 3.14. The van der Waals surface area contributed by atoms with Gasteiger partial charge in [0.05, 0.1) is 25.8 Å². The van der Waals surface area contributed by atoms with Crippen LogP contribution >= 0.6 is 0 Å². The van der Waals surface area contributed by atoms with Crippen molar-refractivity contribution in [3.63, 3.8) is 0 Å². The summed E-state index contributed by atoms with van der Waals surface area (Å²) in [6.07, 6.45) is 0.172. The number of rotatable bonds is 7. The second-order valence-corrected chi connectivity index (χ2v) is 9.49. The first-order valence-electron chi connectivity index (χ1n) is 11.5. The highest BCUT2D eigenvalue weighted by Gasteiger charge is 2.35. The van der Waals surface area contributed by atoms with Gasteiger partial charge in [0.25, 0.3) is 0 Å². The Hall–Kier alpha value is -3.27. The van der Waals surface area contributed by atoms with E-state index in [4.69, 9.17) is 14.6 Å². The molecular weight excluding hydrogens is 436 g/mol. The number of amides is 3. The molecule has 2 aromatic rings. The number of nitrogens with one attached hydrogen (secondary N) is 4. The van der Waals surface area contributed by atoms with Crippen molar-refractivity contribution in [1.29, 1.82) is 0 Å². The number of benzene rings is 1. The largest absolute Gasteiger partial charge is 0.493 e. The number of urea groups is 1. The molecule has 2 heterocycles. The standard InChI is InChI=1S/C24H36N6O4/c1-8-16-14(2)26-22(28-21(16)31)30-20(12-19(29-30)24(3,4)5)27-23(32)25-13-15-9-10-17(33-6)18(11-15)34-7/h9-12,14,16,22,26H,8,13H2,1-7H3,(H,28,31)(H2,25,27,32). The lowest BCUT2D eigenvalue weighted by Gasteiger charge is -2.35. The topological polar surface area (TPSA) is 119 Å². The molecule has 0 spiro atoms. The van der Waals surface area contributed by atoms with Crippen LogP contribution in [0.4, 0.5) is 10.6 Å². The van der Waals surface area contributed by atoms with Gasteiger partial charge in [-0.1, -0.05) is 33.8 Å². The summed E-state index contributed by atoms with van der Waals surface area (Å²) in [6, 6.07) is 6.88. The Morgan fingerprint density at radius 1 is 1.18 bits per heavy atom. The predicted octanol–water partition coefficient (Wildman–Crippen LogP) is 3.11. The SMILES string of the molecule is CCC1C(=O)NC(n2nc(C(C)(C)C)cc2NC(=O)NCc2ccc(OC)c(OC)c2)NC1C. The van der Waals surface area contributed by atoms with Crippen molar-refractivity contribution in [2.24, 2.45) is 5.92 Å². The smallest absolute Gasteiger partial charge is 0.320 e. The summed E-state index contributed by atoms with van der Waals surface area (Å²) >= 11 is 0. The van der Waals surface area contributed by atoms with E-state index in [1.54, 1.807) is 25.0 Å². The Bertz CT molecular complexity index is 1030. The number of carbonyl (C=O) groups excluding carboxylic acids is 2. The molecule has 34 heavy (non-hydrogen) atoms. The molecular formula is C24H36N6O4. The Morgan fingerprint density at radius 2 is 1.88 bits per heavy atom. The fraction of sp³-hybridized carbons (Fsp3) is 0.542. The summed E-state index contributed by atoms with van der Waals surface area (Å²) < 4.78 is 12.2. The molecule has 1 aliphatic rings. The number of aromatic nitrogens is 2. The maximum absolute atomic E-state index is 12.8. The van der Waals surface area contributed by atoms with Crippen LogP contribution in [0.5, 0.6) is 11.5 Å². The molecule has 1 aromatic heterocycles. The van der Waals surface area contributed by atoms with Crippen molar-refractivity contribution in [2.45, 2.75) is 65.3 Å². The fourth-order valence-electron chi connectivity index (χ4n) is 3.93. The average Bonchev–Trinajstić information content (AvgIpc) is 3.21. The van der Waals surface area contributed by atoms with E-state index in [0.717, 1.165) is 17.7 Å². The first kappa shape index (κ1) is 25.4. The predicted molar refractivity (Wildman–Crippen MR) is 130 cm³/mol.